The highest BCUT2D eigenvalue weighted by Crippen LogP contribution is 2.37. The largest absolute Gasteiger partial charge is 0.494 e. The van der Waals surface area contributed by atoms with E-state index in [1.807, 2.05) is 85.3 Å². The van der Waals surface area contributed by atoms with Crippen molar-refractivity contribution in [2.75, 3.05) is 17.2 Å². The van der Waals surface area contributed by atoms with Gasteiger partial charge in [-0.25, -0.2) is 4.68 Å². The molecule has 5 rings (SSSR count). The highest BCUT2D eigenvalue weighted by molar-refractivity contribution is 7.98. The van der Waals surface area contributed by atoms with Crippen LogP contribution in [0.3, 0.4) is 0 Å². The van der Waals surface area contributed by atoms with Gasteiger partial charge >= 0.3 is 0 Å². The highest BCUT2D eigenvalue weighted by Gasteiger charge is 2.34. The molecule has 0 saturated carbocycles. The zero-order chi connectivity index (χ0) is 26.5. The molecule has 194 valence electrons. The maximum absolute atomic E-state index is 13.7. The molecular weight excluding hydrogens is 494 g/mol. The maximum Gasteiger partial charge on any atom is 0.255 e. The minimum absolute atomic E-state index is 0.184. The fourth-order valence-electron chi connectivity index (χ4n) is 4.40. The lowest BCUT2D eigenvalue weighted by molar-refractivity contribution is -0.113. The monoisotopic (exact) mass is 525 g/mol. The van der Waals surface area contributed by atoms with Crippen molar-refractivity contribution < 1.29 is 9.53 Å². The van der Waals surface area contributed by atoms with E-state index in [4.69, 9.17) is 14.8 Å². The van der Waals surface area contributed by atoms with E-state index in [2.05, 4.69) is 29.7 Å². The van der Waals surface area contributed by atoms with E-state index in [9.17, 15) is 4.79 Å². The van der Waals surface area contributed by atoms with Crippen molar-refractivity contribution >= 4 is 29.3 Å². The summed E-state index contributed by atoms with van der Waals surface area (Å²) < 4.78 is 7.60. The summed E-state index contributed by atoms with van der Waals surface area (Å²) in [7, 11) is 0. The third kappa shape index (κ3) is 5.75. The van der Waals surface area contributed by atoms with Crippen LogP contribution in [-0.2, 0) is 10.5 Å². The molecule has 2 N–H and O–H groups in total. The second-order valence-electron chi connectivity index (χ2n) is 9.24. The lowest BCUT2D eigenvalue weighted by atomic mass is 9.95. The van der Waals surface area contributed by atoms with Crippen molar-refractivity contribution in [2.45, 2.75) is 44.1 Å². The van der Waals surface area contributed by atoms with Gasteiger partial charge in [0.05, 0.1) is 12.2 Å². The predicted molar refractivity (Wildman–Crippen MR) is 153 cm³/mol. The SMILES string of the molecule is CCCOc1ccc(C2C(C(=O)Nc3cccc(C)c3)=C(C)Nc3nc(SCc4ccccc4)nn32)cc1. The molecule has 1 atom stereocenters. The third-order valence-electron chi connectivity index (χ3n) is 6.23. The van der Waals surface area contributed by atoms with Crippen LogP contribution in [-0.4, -0.2) is 27.3 Å². The molecule has 38 heavy (non-hydrogen) atoms. The number of aromatic nitrogens is 3. The number of anilines is 2. The van der Waals surface area contributed by atoms with E-state index >= 15 is 0 Å². The summed E-state index contributed by atoms with van der Waals surface area (Å²) in [6.45, 7) is 6.65. The Morgan fingerprint density at radius 3 is 2.58 bits per heavy atom. The van der Waals surface area contributed by atoms with Gasteiger partial charge in [-0.2, -0.15) is 4.98 Å². The molecular formula is C30H31N5O2S. The lowest BCUT2D eigenvalue weighted by Gasteiger charge is -2.28. The van der Waals surface area contributed by atoms with Crippen molar-refractivity contribution in [3.63, 3.8) is 0 Å². The second kappa shape index (κ2) is 11.6. The van der Waals surface area contributed by atoms with Crippen LogP contribution in [0.2, 0.25) is 0 Å². The molecule has 3 aromatic carbocycles. The van der Waals surface area contributed by atoms with Crippen LogP contribution in [0.25, 0.3) is 0 Å². The first-order chi connectivity index (χ1) is 18.5. The van der Waals surface area contributed by atoms with Crippen molar-refractivity contribution in [3.8, 4) is 5.75 Å². The van der Waals surface area contributed by atoms with Crippen molar-refractivity contribution in [2.24, 2.45) is 0 Å². The molecule has 0 saturated heterocycles. The van der Waals surface area contributed by atoms with Gasteiger partial charge in [0.15, 0.2) is 0 Å². The predicted octanol–water partition coefficient (Wildman–Crippen LogP) is 6.60. The average Bonchev–Trinajstić information content (AvgIpc) is 3.33. The summed E-state index contributed by atoms with van der Waals surface area (Å²) >= 11 is 1.57. The van der Waals surface area contributed by atoms with Crippen LogP contribution < -0.4 is 15.4 Å². The van der Waals surface area contributed by atoms with Gasteiger partial charge in [-0.05, 0) is 61.2 Å². The number of carbonyl (C=O) groups excluding carboxylic acids is 1. The molecule has 1 unspecified atom stereocenters. The molecule has 1 aliphatic heterocycles. The van der Waals surface area contributed by atoms with Crippen LogP contribution >= 0.6 is 11.8 Å². The van der Waals surface area contributed by atoms with Crippen LogP contribution in [0.15, 0.2) is 95.3 Å². The highest BCUT2D eigenvalue weighted by atomic mass is 32.2. The van der Waals surface area contributed by atoms with Gasteiger partial charge in [0.25, 0.3) is 5.91 Å². The number of aryl methyl sites for hydroxylation is 1. The number of hydrogen-bond donors (Lipinski definition) is 2. The quantitative estimate of drug-likeness (QED) is 0.240. The number of carbonyl (C=O) groups is 1. The number of fused-ring (bicyclic) bond motifs is 1. The van der Waals surface area contributed by atoms with Gasteiger partial charge in [0, 0.05) is 17.1 Å². The van der Waals surface area contributed by atoms with Crippen LogP contribution in [0.1, 0.15) is 43.0 Å². The summed E-state index contributed by atoms with van der Waals surface area (Å²) in [6, 6.07) is 25.5. The number of amides is 1. The Kier molecular flexibility index (Phi) is 7.79. The minimum atomic E-state index is -0.449. The molecule has 1 aromatic heterocycles. The molecule has 0 aliphatic carbocycles. The van der Waals surface area contributed by atoms with Crippen LogP contribution in [0, 0.1) is 6.92 Å². The number of nitrogens with one attached hydrogen (secondary N) is 2. The standard InChI is InChI=1S/C30H31N5O2S/c1-4-17-37-25-15-13-23(14-16-25)27-26(28(36)32-24-12-8-9-20(2)18-24)21(3)31-29-33-30(34-35(27)29)38-19-22-10-6-5-7-11-22/h5-16,18,27H,4,17,19H2,1-3H3,(H,32,36)(H,31,33,34). The molecule has 0 spiro atoms. The van der Waals surface area contributed by atoms with Gasteiger partial charge < -0.3 is 15.4 Å². The first-order valence-corrected chi connectivity index (χ1v) is 13.7. The van der Waals surface area contributed by atoms with E-state index < -0.39 is 6.04 Å². The number of rotatable bonds is 9. The Morgan fingerprint density at radius 1 is 1.05 bits per heavy atom. The van der Waals surface area contributed by atoms with Gasteiger partial charge in [-0.3, -0.25) is 4.79 Å². The number of nitrogens with zero attached hydrogens (tertiary/aromatic N) is 3. The normalized spacial score (nSPS) is 14.6. The zero-order valence-electron chi connectivity index (χ0n) is 21.8. The number of hydrogen-bond acceptors (Lipinski definition) is 6. The first kappa shape index (κ1) is 25.6. The van der Waals surface area contributed by atoms with Crippen LogP contribution in [0.4, 0.5) is 11.6 Å². The molecule has 4 aromatic rings. The Bertz CT molecular complexity index is 1450. The molecule has 0 radical (unpaired) electrons. The first-order valence-electron chi connectivity index (χ1n) is 12.7. The number of allylic oxidation sites excluding steroid dienone is 1. The summed E-state index contributed by atoms with van der Waals surface area (Å²) in [6.07, 6.45) is 0.937. The number of ether oxygens (including phenoxy) is 1. The average molecular weight is 526 g/mol. The Morgan fingerprint density at radius 2 is 1.84 bits per heavy atom. The van der Waals surface area contributed by atoms with E-state index in [0.29, 0.717) is 23.3 Å². The lowest BCUT2D eigenvalue weighted by Crippen LogP contribution is -2.31. The second-order valence-corrected chi connectivity index (χ2v) is 10.2. The van der Waals surface area contributed by atoms with Gasteiger partial charge in [0.2, 0.25) is 11.1 Å². The zero-order valence-corrected chi connectivity index (χ0v) is 22.6. The molecule has 1 amide bonds. The Balaban J connectivity index is 1.48. The minimum Gasteiger partial charge on any atom is -0.494 e. The van der Waals surface area contributed by atoms with E-state index in [1.165, 1.54) is 5.56 Å². The third-order valence-corrected chi connectivity index (χ3v) is 7.14. The fourth-order valence-corrected chi connectivity index (χ4v) is 5.19. The molecule has 1 aliphatic rings. The summed E-state index contributed by atoms with van der Waals surface area (Å²) in [4.78, 5) is 18.5. The van der Waals surface area contributed by atoms with E-state index in [-0.39, 0.29) is 5.91 Å². The molecule has 2 heterocycles. The summed E-state index contributed by atoms with van der Waals surface area (Å²) in [5, 5.41) is 11.9. The van der Waals surface area contributed by atoms with Gasteiger partial charge in [-0.1, -0.05) is 73.3 Å². The molecule has 8 heteroatoms. The topological polar surface area (TPSA) is 81.1 Å². The number of benzene rings is 3. The summed E-state index contributed by atoms with van der Waals surface area (Å²) in [5.41, 5.74) is 5.28. The van der Waals surface area contributed by atoms with E-state index in [1.54, 1.807) is 11.8 Å². The van der Waals surface area contributed by atoms with E-state index in [0.717, 1.165) is 40.4 Å². The van der Waals surface area contributed by atoms with Gasteiger partial charge in [-0.15, -0.1) is 5.10 Å². The van der Waals surface area contributed by atoms with Gasteiger partial charge in [0.1, 0.15) is 11.8 Å². The van der Waals surface area contributed by atoms with Crippen LogP contribution in [0.5, 0.6) is 5.75 Å². The molecule has 0 fully saturated rings. The number of thioether (sulfide) groups is 1. The molecule has 0 bridgehead atoms. The summed E-state index contributed by atoms with van der Waals surface area (Å²) in [5.74, 6) is 1.98. The smallest absolute Gasteiger partial charge is 0.255 e. The van der Waals surface area contributed by atoms with Crippen molar-refractivity contribution in [1.82, 2.24) is 14.8 Å². The molecule has 7 nitrogen and oxygen atoms in total. The Labute approximate surface area is 227 Å². The fraction of sp³-hybridized carbons (Fsp3) is 0.233. The van der Waals surface area contributed by atoms with Crippen molar-refractivity contribution in [1.29, 1.82) is 0 Å². The van der Waals surface area contributed by atoms with Crippen molar-refractivity contribution in [3.05, 3.63) is 107 Å². The maximum atomic E-state index is 13.7. The Hall–Kier alpha value is -4.04.